The number of hydrogen-bond acceptors (Lipinski definition) is 6. The second-order valence-corrected chi connectivity index (χ2v) is 7.00. The predicted octanol–water partition coefficient (Wildman–Crippen LogP) is 4.90. The zero-order chi connectivity index (χ0) is 21.5. The second-order valence-electron chi connectivity index (χ2n) is 7.00. The molecule has 0 radical (unpaired) electrons. The van der Waals surface area contributed by atoms with Crippen molar-refractivity contribution in [1.29, 1.82) is 0 Å². The number of benzene rings is 1. The minimum Gasteiger partial charge on any atom is -0.421 e. The quantitative estimate of drug-likeness (QED) is 0.446. The van der Waals surface area contributed by atoms with Gasteiger partial charge < -0.3 is 9.72 Å². The van der Waals surface area contributed by atoms with Gasteiger partial charge in [0.25, 0.3) is 0 Å². The number of pyridine rings is 1. The molecule has 0 saturated heterocycles. The van der Waals surface area contributed by atoms with Gasteiger partial charge in [0.05, 0.1) is 35.2 Å². The Morgan fingerprint density at radius 3 is 2.52 bits per heavy atom. The molecule has 0 saturated carbocycles. The average molecular weight is 418 g/mol. The van der Waals surface area contributed by atoms with Crippen molar-refractivity contribution >= 4 is 21.9 Å². The Balaban J connectivity index is 1.79. The van der Waals surface area contributed by atoms with Crippen LogP contribution in [0.5, 0.6) is 11.8 Å². The van der Waals surface area contributed by atoms with Crippen LogP contribution in [0, 0.1) is 18.6 Å². The van der Waals surface area contributed by atoms with Crippen molar-refractivity contribution in [3.05, 3.63) is 66.0 Å². The van der Waals surface area contributed by atoms with Crippen LogP contribution in [-0.2, 0) is 6.42 Å². The molecule has 4 aromatic heterocycles. The third-order valence-electron chi connectivity index (χ3n) is 4.91. The van der Waals surface area contributed by atoms with E-state index in [1.807, 2.05) is 6.92 Å². The maximum absolute atomic E-state index is 14.3. The number of H-pyrrole nitrogens is 1. The van der Waals surface area contributed by atoms with Crippen LogP contribution in [0.15, 0.2) is 43.0 Å². The van der Waals surface area contributed by atoms with Crippen LogP contribution in [0.1, 0.15) is 18.3 Å². The first-order valence-corrected chi connectivity index (χ1v) is 9.61. The number of halogens is 2. The van der Waals surface area contributed by atoms with E-state index in [2.05, 4.69) is 29.9 Å². The molecule has 0 atom stereocenters. The smallest absolute Gasteiger partial charge is 0.324 e. The van der Waals surface area contributed by atoms with Crippen LogP contribution in [0.25, 0.3) is 33.2 Å². The normalized spacial score (nSPS) is 11.4. The third kappa shape index (κ3) is 3.43. The number of rotatable bonds is 4. The molecule has 0 amide bonds. The number of aromatic amines is 1. The largest absolute Gasteiger partial charge is 0.421 e. The molecule has 7 nitrogen and oxygen atoms in total. The van der Waals surface area contributed by atoms with E-state index in [1.54, 1.807) is 6.92 Å². The fourth-order valence-corrected chi connectivity index (χ4v) is 3.53. The summed E-state index contributed by atoms with van der Waals surface area (Å²) < 4.78 is 34.0. The van der Waals surface area contributed by atoms with E-state index in [0.717, 1.165) is 17.3 Å². The van der Waals surface area contributed by atoms with Crippen molar-refractivity contribution in [2.24, 2.45) is 0 Å². The Hall–Kier alpha value is -4.01. The molecule has 0 aliphatic carbocycles. The van der Waals surface area contributed by atoms with Gasteiger partial charge in [-0.3, -0.25) is 4.98 Å². The maximum Gasteiger partial charge on any atom is 0.324 e. The number of aromatic nitrogens is 6. The third-order valence-corrected chi connectivity index (χ3v) is 4.91. The monoisotopic (exact) mass is 418 g/mol. The number of nitrogens with one attached hydrogen (secondary N) is 1. The zero-order valence-electron chi connectivity index (χ0n) is 16.6. The summed E-state index contributed by atoms with van der Waals surface area (Å²) in [5.41, 5.74) is 2.77. The van der Waals surface area contributed by atoms with E-state index in [1.165, 1.54) is 36.8 Å². The summed E-state index contributed by atoms with van der Waals surface area (Å²) in [4.78, 5) is 24.3. The van der Waals surface area contributed by atoms with E-state index in [0.29, 0.717) is 45.7 Å². The lowest BCUT2D eigenvalue weighted by atomic mass is 10.0. The molecule has 4 heterocycles. The summed E-state index contributed by atoms with van der Waals surface area (Å²) in [5.74, 6) is 0.0642. The standard InChI is InChI=1S/C22H16F2N6O/c1-3-12-4-14(23)6-17-18-20(13-5-15(24)8-25-7-13)29-22(30-21(18)28-19(12)17)31-16-9-26-11(2)27-10-16/h4-10H,3H2,1-2H3,(H,28,29,30). The Morgan fingerprint density at radius 1 is 0.968 bits per heavy atom. The van der Waals surface area contributed by atoms with E-state index in [-0.39, 0.29) is 11.8 Å². The molecule has 0 spiro atoms. The van der Waals surface area contributed by atoms with Gasteiger partial charge in [0.1, 0.15) is 23.1 Å². The number of hydrogen-bond donors (Lipinski definition) is 1. The van der Waals surface area contributed by atoms with Crippen LogP contribution in [0.3, 0.4) is 0 Å². The molecule has 31 heavy (non-hydrogen) atoms. The number of aryl methyl sites for hydroxylation is 2. The van der Waals surface area contributed by atoms with Crippen LogP contribution < -0.4 is 4.74 Å². The fraction of sp³-hybridized carbons (Fsp3) is 0.136. The topological polar surface area (TPSA) is 89.5 Å². The van der Waals surface area contributed by atoms with Gasteiger partial charge in [0.15, 0.2) is 5.75 Å². The minimum atomic E-state index is -0.515. The molecule has 1 N–H and O–H groups in total. The Bertz CT molecular complexity index is 1430. The Kier molecular flexibility index (Phi) is 4.50. The van der Waals surface area contributed by atoms with E-state index < -0.39 is 5.82 Å². The van der Waals surface area contributed by atoms with Crippen LogP contribution >= 0.6 is 0 Å². The van der Waals surface area contributed by atoms with Crippen molar-refractivity contribution in [3.63, 3.8) is 0 Å². The zero-order valence-corrected chi connectivity index (χ0v) is 16.6. The second kappa shape index (κ2) is 7.35. The van der Waals surface area contributed by atoms with Gasteiger partial charge in [-0.2, -0.15) is 9.97 Å². The van der Waals surface area contributed by atoms with Gasteiger partial charge >= 0.3 is 6.01 Å². The molecule has 1 aromatic carbocycles. The van der Waals surface area contributed by atoms with Crippen LogP contribution in [-0.4, -0.2) is 29.9 Å². The first kappa shape index (κ1) is 19.0. The lowest BCUT2D eigenvalue weighted by Gasteiger charge is -2.08. The van der Waals surface area contributed by atoms with Crippen LogP contribution in [0.4, 0.5) is 8.78 Å². The summed E-state index contributed by atoms with van der Waals surface area (Å²) in [7, 11) is 0. The number of fused-ring (bicyclic) bond motifs is 3. The summed E-state index contributed by atoms with van der Waals surface area (Å²) in [6.45, 7) is 3.70. The molecule has 5 rings (SSSR count). The summed E-state index contributed by atoms with van der Waals surface area (Å²) in [6.07, 6.45) is 6.23. The maximum atomic E-state index is 14.3. The van der Waals surface area contributed by atoms with Gasteiger partial charge in [-0.15, -0.1) is 0 Å². The minimum absolute atomic E-state index is 0.0179. The van der Waals surface area contributed by atoms with Crippen molar-refractivity contribution in [3.8, 4) is 23.0 Å². The molecule has 9 heteroatoms. The van der Waals surface area contributed by atoms with Gasteiger partial charge in [-0.1, -0.05) is 6.92 Å². The lowest BCUT2D eigenvalue weighted by molar-refractivity contribution is 0.440. The molecule has 0 aliphatic heterocycles. The van der Waals surface area contributed by atoms with Crippen molar-refractivity contribution in [2.75, 3.05) is 0 Å². The highest BCUT2D eigenvalue weighted by molar-refractivity contribution is 6.12. The SMILES string of the molecule is CCc1cc(F)cc2c1[nH]c1nc(Oc3cnc(C)nc3)nc(-c3cncc(F)c3)c12. The predicted molar refractivity (Wildman–Crippen MR) is 111 cm³/mol. The van der Waals surface area contributed by atoms with Crippen molar-refractivity contribution < 1.29 is 13.5 Å². The van der Waals surface area contributed by atoms with Gasteiger partial charge in [0.2, 0.25) is 0 Å². The molecule has 0 aliphatic rings. The Labute approximate surface area is 175 Å². The molecule has 0 bridgehead atoms. The van der Waals surface area contributed by atoms with Crippen molar-refractivity contribution in [2.45, 2.75) is 20.3 Å². The first-order chi connectivity index (χ1) is 15.0. The summed E-state index contributed by atoms with van der Waals surface area (Å²) >= 11 is 0. The molecule has 0 unspecified atom stereocenters. The highest BCUT2D eigenvalue weighted by Gasteiger charge is 2.19. The van der Waals surface area contributed by atoms with Crippen molar-refractivity contribution in [1.82, 2.24) is 29.9 Å². The number of ether oxygens (including phenoxy) is 1. The van der Waals surface area contributed by atoms with E-state index in [4.69, 9.17) is 4.74 Å². The van der Waals surface area contributed by atoms with Crippen LogP contribution in [0.2, 0.25) is 0 Å². The average Bonchev–Trinajstić information content (AvgIpc) is 3.12. The van der Waals surface area contributed by atoms with Gasteiger partial charge in [-0.05, 0) is 37.1 Å². The van der Waals surface area contributed by atoms with E-state index in [9.17, 15) is 8.78 Å². The van der Waals surface area contributed by atoms with Gasteiger partial charge in [-0.25, -0.2) is 18.7 Å². The molecular formula is C22H16F2N6O. The first-order valence-electron chi connectivity index (χ1n) is 9.61. The molecule has 0 fully saturated rings. The summed E-state index contributed by atoms with van der Waals surface area (Å²) in [5, 5.41) is 1.17. The highest BCUT2D eigenvalue weighted by Crippen LogP contribution is 2.36. The summed E-state index contributed by atoms with van der Waals surface area (Å²) in [6, 6.07) is 4.23. The lowest BCUT2D eigenvalue weighted by Crippen LogP contribution is -1.97. The molecule has 154 valence electrons. The fourth-order valence-electron chi connectivity index (χ4n) is 3.53. The van der Waals surface area contributed by atoms with E-state index >= 15 is 0 Å². The molecular weight excluding hydrogens is 402 g/mol. The molecule has 5 aromatic rings. The number of nitrogens with zero attached hydrogens (tertiary/aromatic N) is 5. The Morgan fingerprint density at radius 2 is 1.77 bits per heavy atom. The highest BCUT2D eigenvalue weighted by atomic mass is 19.1. The van der Waals surface area contributed by atoms with Gasteiger partial charge in [0, 0.05) is 17.1 Å².